The zero-order chi connectivity index (χ0) is 18.4. The van der Waals surface area contributed by atoms with Crippen molar-refractivity contribution < 1.29 is 18.4 Å². The van der Waals surface area contributed by atoms with Gasteiger partial charge in [-0.1, -0.05) is 13.0 Å². The summed E-state index contributed by atoms with van der Waals surface area (Å²) in [5.74, 6) is -1.67. The second kappa shape index (κ2) is 8.87. The fraction of sp³-hybridized carbons (Fsp3) is 0.529. The van der Waals surface area contributed by atoms with E-state index >= 15 is 0 Å². The molecular formula is C17H24F2N4O2. The van der Waals surface area contributed by atoms with E-state index < -0.39 is 11.6 Å². The van der Waals surface area contributed by atoms with Crippen LogP contribution in [-0.2, 0) is 9.59 Å². The van der Waals surface area contributed by atoms with Gasteiger partial charge in [-0.2, -0.15) is 0 Å². The van der Waals surface area contributed by atoms with Crippen LogP contribution in [0.5, 0.6) is 0 Å². The minimum absolute atomic E-state index is 0.0696. The van der Waals surface area contributed by atoms with Crippen LogP contribution < -0.4 is 11.1 Å². The molecule has 8 heteroatoms. The van der Waals surface area contributed by atoms with Gasteiger partial charge in [0.1, 0.15) is 11.6 Å². The van der Waals surface area contributed by atoms with Crippen molar-refractivity contribution in [3.8, 4) is 0 Å². The lowest BCUT2D eigenvalue weighted by Gasteiger charge is -2.39. The van der Waals surface area contributed by atoms with E-state index in [4.69, 9.17) is 5.73 Å². The average molecular weight is 354 g/mol. The van der Waals surface area contributed by atoms with Gasteiger partial charge >= 0.3 is 0 Å². The van der Waals surface area contributed by atoms with Gasteiger partial charge < -0.3 is 16.0 Å². The Morgan fingerprint density at radius 2 is 1.92 bits per heavy atom. The first-order valence-electron chi connectivity index (χ1n) is 8.39. The summed E-state index contributed by atoms with van der Waals surface area (Å²) < 4.78 is 27.2. The normalized spacial score (nSPS) is 16.6. The monoisotopic (exact) mass is 354 g/mol. The van der Waals surface area contributed by atoms with Gasteiger partial charge in [-0.15, -0.1) is 0 Å². The van der Waals surface area contributed by atoms with Crippen molar-refractivity contribution in [1.29, 1.82) is 0 Å². The van der Waals surface area contributed by atoms with Gasteiger partial charge in [-0.05, 0) is 12.5 Å². The molecule has 138 valence electrons. The number of nitrogens with one attached hydrogen (secondary N) is 1. The standard InChI is InChI=1S/C17H24F2N4O2/c1-2-15(13-4-3-12(18)9-14(13)19)22-5-7-23(8-6-22)17(25)11-21-16(24)10-20/h3-4,9,15H,2,5-8,10-11,20H2,1H3,(H,21,24). The van der Waals surface area contributed by atoms with Crippen molar-refractivity contribution >= 4 is 11.8 Å². The van der Waals surface area contributed by atoms with Crippen molar-refractivity contribution in [1.82, 2.24) is 15.1 Å². The Morgan fingerprint density at radius 1 is 1.24 bits per heavy atom. The quantitative estimate of drug-likeness (QED) is 0.786. The number of carbonyl (C=O) groups excluding carboxylic acids is 2. The molecule has 1 aromatic rings. The summed E-state index contributed by atoms with van der Waals surface area (Å²) in [6.07, 6.45) is 0.684. The molecular weight excluding hydrogens is 330 g/mol. The van der Waals surface area contributed by atoms with E-state index in [2.05, 4.69) is 10.2 Å². The Kier molecular flexibility index (Phi) is 6.83. The highest BCUT2D eigenvalue weighted by molar-refractivity contribution is 5.85. The molecule has 0 spiro atoms. The third-order valence-electron chi connectivity index (χ3n) is 4.44. The molecule has 6 nitrogen and oxygen atoms in total. The smallest absolute Gasteiger partial charge is 0.242 e. The summed E-state index contributed by atoms with van der Waals surface area (Å²) in [6, 6.07) is 3.49. The predicted octanol–water partition coefficient (Wildman–Crippen LogP) is 0.635. The number of nitrogens with zero attached hydrogens (tertiary/aromatic N) is 2. The van der Waals surface area contributed by atoms with Crippen LogP contribution in [0.4, 0.5) is 8.78 Å². The zero-order valence-electron chi connectivity index (χ0n) is 14.3. The molecule has 2 amide bonds. The number of amides is 2. The molecule has 1 heterocycles. The maximum absolute atomic E-state index is 14.1. The topological polar surface area (TPSA) is 78.7 Å². The molecule has 0 radical (unpaired) electrons. The van der Waals surface area contributed by atoms with Crippen LogP contribution in [0, 0.1) is 11.6 Å². The Morgan fingerprint density at radius 3 is 2.48 bits per heavy atom. The highest BCUT2D eigenvalue weighted by atomic mass is 19.1. The first-order valence-corrected chi connectivity index (χ1v) is 8.39. The van der Waals surface area contributed by atoms with E-state index in [1.807, 2.05) is 6.92 Å². The molecule has 1 saturated heterocycles. The number of nitrogens with two attached hydrogens (primary N) is 1. The van der Waals surface area contributed by atoms with Crippen LogP contribution in [-0.4, -0.2) is 60.9 Å². The van der Waals surface area contributed by atoms with E-state index in [-0.39, 0.29) is 30.9 Å². The van der Waals surface area contributed by atoms with Crippen molar-refractivity contribution in [2.24, 2.45) is 5.73 Å². The molecule has 1 atom stereocenters. The number of benzene rings is 1. The minimum Gasteiger partial charge on any atom is -0.346 e. The number of rotatable bonds is 6. The van der Waals surface area contributed by atoms with Gasteiger partial charge in [-0.25, -0.2) is 8.78 Å². The van der Waals surface area contributed by atoms with Crippen LogP contribution in [0.15, 0.2) is 18.2 Å². The van der Waals surface area contributed by atoms with Crippen LogP contribution in [0.2, 0.25) is 0 Å². The molecule has 0 bridgehead atoms. The SMILES string of the molecule is CCC(c1ccc(F)cc1F)N1CCN(C(=O)CNC(=O)CN)CC1. The van der Waals surface area contributed by atoms with Crippen LogP contribution in [0.1, 0.15) is 24.9 Å². The van der Waals surface area contributed by atoms with Gasteiger partial charge in [0, 0.05) is 43.9 Å². The van der Waals surface area contributed by atoms with Gasteiger partial charge in [0.05, 0.1) is 13.1 Å². The summed E-state index contributed by atoms with van der Waals surface area (Å²) in [7, 11) is 0. The molecule has 0 aromatic heterocycles. The molecule has 2 rings (SSSR count). The molecule has 1 aliphatic rings. The predicted molar refractivity (Wildman–Crippen MR) is 89.6 cm³/mol. The highest BCUT2D eigenvalue weighted by Gasteiger charge is 2.27. The molecule has 3 N–H and O–H groups in total. The summed E-state index contributed by atoms with van der Waals surface area (Å²) in [5, 5.41) is 2.46. The molecule has 1 unspecified atom stereocenters. The molecule has 0 saturated carbocycles. The zero-order valence-corrected chi connectivity index (χ0v) is 14.3. The summed E-state index contributed by atoms with van der Waals surface area (Å²) in [5.41, 5.74) is 5.65. The fourth-order valence-corrected chi connectivity index (χ4v) is 3.09. The Balaban J connectivity index is 1.93. The molecule has 0 aliphatic carbocycles. The summed E-state index contributed by atoms with van der Waals surface area (Å²) in [4.78, 5) is 27.0. The lowest BCUT2D eigenvalue weighted by atomic mass is 10.0. The van der Waals surface area contributed by atoms with E-state index in [1.54, 1.807) is 4.90 Å². The molecule has 1 aromatic carbocycles. The summed E-state index contributed by atoms with van der Waals surface area (Å²) >= 11 is 0. The van der Waals surface area contributed by atoms with E-state index in [0.29, 0.717) is 38.2 Å². The fourth-order valence-electron chi connectivity index (χ4n) is 3.09. The van der Waals surface area contributed by atoms with Crippen molar-refractivity contribution in [3.63, 3.8) is 0 Å². The number of halogens is 2. The maximum atomic E-state index is 14.1. The Bertz CT molecular complexity index is 619. The van der Waals surface area contributed by atoms with Crippen LogP contribution in [0.25, 0.3) is 0 Å². The molecule has 1 fully saturated rings. The second-order valence-corrected chi connectivity index (χ2v) is 5.99. The van der Waals surface area contributed by atoms with Gasteiger partial charge in [0.2, 0.25) is 11.8 Å². The first kappa shape index (κ1) is 19.3. The lowest BCUT2D eigenvalue weighted by molar-refractivity contribution is -0.134. The minimum atomic E-state index is -0.592. The second-order valence-electron chi connectivity index (χ2n) is 5.99. The first-order chi connectivity index (χ1) is 12.0. The molecule has 25 heavy (non-hydrogen) atoms. The number of hydrogen-bond acceptors (Lipinski definition) is 4. The van der Waals surface area contributed by atoms with Crippen molar-refractivity contribution in [2.45, 2.75) is 19.4 Å². The third-order valence-corrected chi connectivity index (χ3v) is 4.44. The van der Waals surface area contributed by atoms with Gasteiger partial charge in [-0.3, -0.25) is 14.5 Å². The lowest BCUT2D eigenvalue weighted by Crippen LogP contribution is -2.52. The largest absolute Gasteiger partial charge is 0.346 e. The summed E-state index contributed by atoms with van der Waals surface area (Å²) in [6.45, 7) is 3.90. The van der Waals surface area contributed by atoms with E-state index in [1.165, 1.54) is 12.1 Å². The number of piperazine rings is 1. The van der Waals surface area contributed by atoms with Gasteiger partial charge in [0.25, 0.3) is 0 Å². The number of hydrogen-bond donors (Lipinski definition) is 2. The Labute approximate surface area is 146 Å². The van der Waals surface area contributed by atoms with Crippen LogP contribution >= 0.6 is 0 Å². The van der Waals surface area contributed by atoms with Crippen molar-refractivity contribution in [3.05, 3.63) is 35.4 Å². The van der Waals surface area contributed by atoms with Crippen LogP contribution in [0.3, 0.4) is 0 Å². The third kappa shape index (κ3) is 4.96. The maximum Gasteiger partial charge on any atom is 0.242 e. The van der Waals surface area contributed by atoms with Gasteiger partial charge in [0.15, 0.2) is 0 Å². The number of carbonyl (C=O) groups is 2. The van der Waals surface area contributed by atoms with E-state index in [0.717, 1.165) is 6.07 Å². The average Bonchev–Trinajstić information content (AvgIpc) is 2.62. The Hall–Kier alpha value is -2.06. The molecule has 1 aliphatic heterocycles. The van der Waals surface area contributed by atoms with E-state index in [9.17, 15) is 18.4 Å². The van der Waals surface area contributed by atoms with Crippen molar-refractivity contribution in [2.75, 3.05) is 39.3 Å². The highest BCUT2D eigenvalue weighted by Crippen LogP contribution is 2.27.